The lowest BCUT2D eigenvalue weighted by atomic mass is 9.77. The number of hydrogen-bond donors (Lipinski definition) is 3. The molecule has 0 bridgehead atoms. The third-order valence-electron chi connectivity index (χ3n) is 7.29. The second kappa shape index (κ2) is 22.4. The van der Waals surface area contributed by atoms with Crippen LogP contribution >= 0.6 is 0 Å². The van der Waals surface area contributed by atoms with Crippen LogP contribution in [-0.2, 0) is 14.4 Å². The van der Waals surface area contributed by atoms with E-state index in [0.717, 1.165) is 44.9 Å². The summed E-state index contributed by atoms with van der Waals surface area (Å²) in [5.74, 6) is 1.11. The standard InChI is InChI=1S/C15H29NO.C14H27NO.C13H25NO/c1-8-9-10-12(11-14(2,3)4)13(17)16-15(5,6)7;1-8-9-10-11(13(2,3)4)12(16)15-14(5,6)7;1-7-8-9-11(10(2)3)12(15)14-13(4,5)6/h8,12H,1,9-11H2,2-7H3,(H,16,17);8,11H,1,9-10H2,2-7H3,(H,15,16);7,10-11H,1,8-9H2,2-6H3,(H,14,15). The molecular weight excluding hydrogens is 594 g/mol. The Morgan fingerprint density at radius 1 is 0.542 bits per heavy atom. The molecule has 0 aromatic rings. The number of amides is 3. The molecule has 3 N–H and O–H groups in total. The van der Waals surface area contributed by atoms with Gasteiger partial charge < -0.3 is 16.0 Å². The number of hydrogen-bond acceptors (Lipinski definition) is 3. The summed E-state index contributed by atoms with van der Waals surface area (Å²) in [7, 11) is 0. The molecule has 6 nitrogen and oxygen atoms in total. The van der Waals surface area contributed by atoms with E-state index in [-0.39, 0.29) is 62.9 Å². The lowest BCUT2D eigenvalue weighted by molar-refractivity contribution is -0.130. The van der Waals surface area contributed by atoms with Gasteiger partial charge in [0.2, 0.25) is 17.7 Å². The summed E-state index contributed by atoms with van der Waals surface area (Å²) in [6.45, 7) is 46.3. The summed E-state index contributed by atoms with van der Waals surface area (Å²) < 4.78 is 0. The summed E-state index contributed by atoms with van der Waals surface area (Å²) >= 11 is 0. The predicted octanol–water partition coefficient (Wildman–Crippen LogP) is 10.6. The zero-order chi connectivity index (χ0) is 38.7. The normalized spacial score (nSPS) is 14.1. The van der Waals surface area contributed by atoms with Gasteiger partial charge in [-0.3, -0.25) is 14.4 Å². The molecular formula is C42H81N3O3. The van der Waals surface area contributed by atoms with Crippen molar-refractivity contribution in [3.05, 3.63) is 38.0 Å². The summed E-state index contributed by atoms with van der Waals surface area (Å²) in [6, 6.07) is 0. The number of allylic oxidation sites excluding steroid dienone is 3. The molecule has 0 rings (SSSR count). The van der Waals surface area contributed by atoms with Crippen molar-refractivity contribution in [1.82, 2.24) is 16.0 Å². The van der Waals surface area contributed by atoms with Crippen LogP contribution in [0.2, 0.25) is 0 Å². The molecule has 0 fully saturated rings. The van der Waals surface area contributed by atoms with Crippen LogP contribution in [0.3, 0.4) is 0 Å². The van der Waals surface area contributed by atoms with Crippen LogP contribution in [0.1, 0.15) is 163 Å². The Balaban J connectivity index is -0.000000634. The quantitative estimate of drug-likeness (QED) is 0.160. The van der Waals surface area contributed by atoms with E-state index in [1.54, 1.807) is 0 Å². The zero-order valence-corrected chi connectivity index (χ0v) is 34.8. The van der Waals surface area contributed by atoms with Crippen molar-refractivity contribution < 1.29 is 14.4 Å². The van der Waals surface area contributed by atoms with Crippen LogP contribution in [0.5, 0.6) is 0 Å². The van der Waals surface area contributed by atoms with E-state index in [1.807, 2.05) is 80.5 Å². The maximum absolute atomic E-state index is 12.2. The van der Waals surface area contributed by atoms with Crippen molar-refractivity contribution in [3.8, 4) is 0 Å². The number of carbonyl (C=O) groups is 3. The molecule has 3 atom stereocenters. The van der Waals surface area contributed by atoms with Gasteiger partial charge in [0.25, 0.3) is 0 Å². The molecule has 0 saturated carbocycles. The first-order chi connectivity index (χ1) is 21.4. The first-order valence-electron chi connectivity index (χ1n) is 18.2. The van der Waals surface area contributed by atoms with Crippen molar-refractivity contribution in [3.63, 3.8) is 0 Å². The van der Waals surface area contributed by atoms with Gasteiger partial charge in [-0.15, -0.1) is 19.7 Å². The minimum Gasteiger partial charge on any atom is -0.351 e. The molecule has 0 aliphatic carbocycles. The van der Waals surface area contributed by atoms with Gasteiger partial charge in [-0.1, -0.05) is 73.6 Å². The van der Waals surface area contributed by atoms with E-state index in [9.17, 15) is 14.4 Å². The van der Waals surface area contributed by atoms with E-state index in [0.29, 0.717) is 5.92 Å². The molecule has 3 unspecified atom stereocenters. The smallest absolute Gasteiger partial charge is 0.224 e. The Labute approximate surface area is 299 Å². The second-order valence-corrected chi connectivity index (χ2v) is 19.0. The molecule has 0 radical (unpaired) electrons. The average Bonchev–Trinajstić information content (AvgIpc) is 2.83. The van der Waals surface area contributed by atoms with Crippen molar-refractivity contribution >= 4 is 17.7 Å². The third-order valence-corrected chi connectivity index (χ3v) is 7.29. The highest BCUT2D eigenvalue weighted by Gasteiger charge is 2.32. The van der Waals surface area contributed by atoms with Crippen molar-refractivity contribution in [2.45, 2.75) is 179 Å². The minimum atomic E-state index is -0.158. The molecule has 6 heteroatoms. The molecule has 282 valence electrons. The lowest BCUT2D eigenvalue weighted by Gasteiger charge is -2.32. The first kappa shape index (κ1) is 50.0. The van der Waals surface area contributed by atoms with Crippen LogP contribution in [0.25, 0.3) is 0 Å². The topological polar surface area (TPSA) is 87.3 Å². The molecule has 0 aliphatic heterocycles. The molecule has 0 aliphatic rings. The third kappa shape index (κ3) is 29.7. The van der Waals surface area contributed by atoms with Crippen LogP contribution < -0.4 is 16.0 Å². The lowest BCUT2D eigenvalue weighted by Crippen LogP contribution is -2.46. The summed E-state index contributed by atoms with van der Waals surface area (Å²) in [6.07, 6.45) is 11.9. The van der Waals surface area contributed by atoms with E-state index in [2.05, 4.69) is 91.1 Å². The fourth-order valence-corrected chi connectivity index (χ4v) is 5.08. The fourth-order valence-electron chi connectivity index (χ4n) is 5.08. The van der Waals surface area contributed by atoms with Crippen LogP contribution in [-0.4, -0.2) is 34.3 Å². The van der Waals surface area contributed by atoms with Crippen molar-refractivity contribution in [2.24, 2.45) is 34.5 Å². The summed E-state index contributed by atoms with van der Waals surface area (Å²) in [5.41, 5.74) is -0.270. The predicted molar refractivity (Wildman–Crippen MR) is 211 cm³/mol. The van der Waals surface area contributed by atoms with Gasteiger partial charge in [-0.25, -0.2) is 0 Å². The highest BCUT2D eigenvalue weighted by molar-refractivity contribution is 5.80. The first-order valence-corrected chi connectivity index (χ1v) is 18.2. The maximum Gasteiger partial charge on any atom is 0.224 e. The Hall–Kier alpha value is -2.37. The Morgan fingerprint density at radius 3 is 1.23 bits per heavy atom. The Bertz CT molecular complexity index is 961. The number of nitrogens with one attached hydrogen (secondary N) is 3. The number of rotatable bonds is 14. The minimum absolute atomic E-state index is 0.00164. The monoisotopic (exact) mass is 676 g/mol. The molecule has 0 heterocycles. The van der Waals surface area contributed by atoms with Crippen LogP contribution in [0.4, 0.5) is 0 Å². The number of carbonyl (C=O) groups excluding carboxylic acids is 3. The van der Waals surface area contributed by atoms with Crippen LogP contribution in [0.15, 0.2) is 38.0 Å². The van der Waals surface area contributed by atoms with E-state index >= 15 is 0 Å². The fraction of sp³-hybridized carbons (Fsp3) is 0.786. The Kier molecular flexibility index (Phi) is 23.3. The van der Waals surface area contributed by atoms with Gasteiger partial charge in [0.1, 0.15) is 0 Å². The van der Waals surface area contributed by atoms with Crippen LogP contribution in [0, 0.1) is 34.5 Å². The van der Waals surface area contributed by atoms with Gasteiger partial charge >= 0.3 is 0 Å². The molecule has 0 saturated heterocycles. The zero-order valence-electron chi connectivity index (χ0n) is 34.8. The molecule has 0 spiro atoms. The van der Waals surface area contributed by atoms with Gasteiger partial charge in [-0.05, 0) is 124 Å². The SMILES string of the molecule is C=CCCC(C(=O)NC(C)(C)C)C(C)(C)C.C=CCCC(C(=O)NC(C)(C)C)C(C)C.C=CCCC(CC(C)(C)C)C(=O)NC(C)(C)C. The van der Waals surface area contributed by atoms with Gasteiger partial charge in [-0.2, -0.15) is 0 Å². The Morgan fingerprint density at radius 2 is 0.896 bits per heavy atom. The van der Waals surface area contributed by atoms with Gasteiger partial charge in [0, 0.05) is 34.4 Å². The molecule has 48 heavy (non-hydrogen) atoms. The van der Waals surface area contributed by atoms with E-state index < -0.39 is 0 Å². The summed E-state index contributed by atoms with van der Waals surface area (Å²) in [4.78, 5) is 36.3. The molecule has 3 amide bonds. The maximum atomic E-state index is 12.2. The van der Waals surface area contributed by atoms with Crippen molar-refractivity contribution in [1.29, 1.82) is 0 Å². The molecule has 0 aromatic carbocycles. The molecule has 0 aromatic heterocycles. The van der Waals surface area contributed by atoms with E-state index in [1.165, 1.54) is 0 Å². The van der Waals surface area contributed by atoms with E-state index in [4.69, 9.17) is 0 Å². The van der Waals surface area contributed by atoms with Gasteiger partial charge in [0.15, 0.2) is 0 Å². The summed E-state index contributed by atoms with van der Waals surface area (Å²) in [5, 5.41) is 9.18. The van der Waals surface area contributed by atoms with Gasteiger partial charge in [0.05, 0.1) is 0 Å². The highest BCUT2D eigenvalue weighted by Crippen LogP contribution is 2.31. The average molecular weight is 676 g/mol. The highest BCUT2D eigenvalue weighted by atomic mass is 16.2. The second-order valence-electron chi connectivity index (χ2n) is 19.0. The largest absolute Gasteiger partial charge is 0.351 e. The van der Waals surface area contributed by atoms with Crippen molar-refractivity contribution in [2.75, 3.05) is 0 Å².